The predicted molar refractivity (Wildman–Crippen MR) is 154 cm³/mol. The van der Waals surface area contributed by atoms with E-state index in [2.05, 4.69) is 20.8 Å². The average molecular weight is 562 g/mol. The van der Waals surface area contributed by atoms with E-state index in [1.165, 1.54) is 55.2 Å². The number of amides is 2. The summed E-state index contributed by atoms with van der Waals surface area (Å²) >= 11 is 2.93. The number of aromatic amines is 1. The Labute approximate surface area is 237 Å². The van der Waals surface area contributed by atoms with Gasteiger partial charge in [0.15, 0.2) is 0 Å². The molecule has 39 heavy (non-hydrogen) atoms. The zero-order chi connectivity index (χ0) is 26.4. The number of fused-ring (bicyclic) bond motifs is 1. The third-order valence-corrected chi connectivity index (χ3v) is 11.3. The van der Waals surface area contributed by atoms with Gasteiger partial charge in [-0.1, -0.05) is 42.1 Å². The zero-order valence-corrected chi connectivity index (χ0v) is 23.8. The van der Waals surface area contributed by atoms with Crippen molar-refractivity contribution in [1.29, 1.82) is 0 Å². The van der Waals surface area contributed by atoms with Gasteiger partial charge in [-0.3, -0.25) is 14.7 Å². The molecule has 4 saturated carbocycles. The van der Waals surface area contributed by atoms with Gasteiger partial charge in [0.25, 0.3) is 5.91 Å². The smallest absolute Gasteiger partial charge is 0.254 e. The Bertz CT molecular complexity index is 1350. The van der Waals surface area contributed by atoms with Crippen molar-refractivity contribution in [2.45, 2.75) is 81.3 Å². The largest absolute Gasteiger partial charge is 0.348 e. The van der Waals surface area contributed by atoms with Crippen molar-refractivity contribution < 1.29 is 9.59 Å². The highest BCUT2D eigenvalue weighted by Gasteiger charge is 2.53. The van der Waals surface area contributed by atoms with Crippen molar-refractivity contribution in [1.82, 2.24) is 20.5 Å². The highest BCUT2D eigenvalue weighted by Crippen LogP contribution is 2.60. The highest BCUT2D eigenvalue weighted by atomic mass is 32.2. The lowest BCUT2D eigenvalue weighted by molar-refractivity contribution is -0.113. The molecule has 0 atom stereocenters. The molecule has 4 bridgehead atoms. The van der Waals surface area contributed by atoms with Crippen LogP contribution in [0, 0.1) is 17.8 Å². The summed E-state index contributed by atoms with van der Waals surface area (Å²) in [6, 6.07) is 9.91. The first-order valence-electron chi connectivity index (χ1n) is 14.4. The highest BCUT2D eigenvalue weighted by molar-refractivity contribution is 7.99. The van der Waals surface area contributed by atoms with E-state index in [9.17, 15) is 9.59 Å². The van der Waals surface area contributed by atoms with Gasteiger partial charge in [-0.05, 0) is 93.1 Å². The van der Waals surface area contributed by atoms with Gasteiger partial charge in [-0.25, -0.2) is 4.98 Å². The Morgan fingerprint density at radius 3 is 2.49 bits per heavy atom. The Morgan fingerprint density at radius 1 is 1.03 bits per heavy atom. The number of thioether (sulfide) groups is 1. The van der Waals surface area contributed by atoms with Gasteiger partial charge in [0.2, 0.25) is 11.1 Å². The van der Waals surface area contributed by atoms with E-state index in [0.717, 1.165) is 60.4 Å². The molecule has 1 aromatic carbocycles. The molecule has 4 fully saturated rings. The van der Waals surface area contributed by atoms with Gasteiger partial charge in [-0.2, -0.15) is 0 Å². The Morgan fingerprint density at radius 2 is 1.74 bits per heavy atom. The van der Waals surface area contributed by atoms with Crippen molar-refractivity contribution in [3.8, 4) is 0 Å². The molecule has 2 aromatic heterocycles. The van der Waals surface area contributed by atoms with Crippen LogP contribution in [-0.4, -0.2) is 32.7 Å². The number of hydrogen-bond acceptors (Lipinski definition) is 6. The van der Waals surface area contributed by atoms with Gasteiger partial charge in [0.05, 0.1) is 11.3 Å². The summed E-state index contributed by atoms with van der Waals surface area (Å²) in [6.07, 6.45) is 11.9. The lowest BCUT2D eigenvalue weighted by atomic mass is 9.49. The Hall–Kier alpha value is -2.65. The first kappa shape index (κ1) is 25.3. The first-order chi connectivity index (χ1) is 19.0. The molecule has 2 amide bonds. The van der Waals surface area contributed by atoms with Crippen LogP contribution in [0.5, 0.6) is 0 Å². The van der Waals surface area contributed by atoms with E-state index in [4.69, 9.17) is 4.98 Å². The van der Waals surface area contributed by atoms with E-state index in [0.29, 0.717) is 22.3 Å². The zero-order valence-electron chi connectivity index (χ0n) is 22.1. The van der Waals surface area contributed by atoms with Crippen LogP contribution < -0.4 is 10.6 Å². The second-order valence-electron chi connectivity index (χ2n) is 12.1. The van der Waals surface area contributed by atoms with E-state index in [1.54, 1.807) is 11.3 Å². The van der Waals surface area contributed by atoms with Crippen LogP contribution in [0.15, 0.2) is 35.5 Å². The lowest BCUT2D eigenvalue weighted by Crippen LogP contribution is -2.49. The maximum absolute atomic E-state index is 13.3. The SMILES string of the molecule is O=C(CSc1n[nH]c(C23CC4CC(CC(C4)C2)C3)n1)Nc1sc2c(c1C(=O)NCc1ccccc1)CCCC2. The second-order valence-corrected chi connectivity index (χ2v) is 14.1. The number of thiophene rings is 1. The monoisotopic (exact) mass is 561 g/mol. The third kappa shape index (κ3) is 5.04. The molecule has 3 aromatic rings. The maximum atomic E-state index is 13.3. The number of benzene rings is 1. The third-order valence-electron chi connectivity index (χ3n) is 9.29. The Kier molecular flexibility index (Phi) is 6.75. The number of rotatable bonds is 8. The fourth-order valence-corrected chi connectivity index (χ4v) is 9.90. The van der Waals surface area contributed by atoms with Crippen molar-refractivity contribution in [3.63, 3.8) is 0 Å². The summed E-state index contributed by atoms with van der Waals surface area (Å²) < 4.78 is 0. The number of H-pyrrole nitrogens is 1. The normalized spacial score (nSPS) is 26.8. The molecular weight excluding hydrogens is 526 g/mol. The van der Waals surface area contributed by atoms with Crippen LogP contribution >= 0.6 is 23.1 Å². The van der Waals surface area contributed by atoms with Crippen molar-refractivity contribution in [2.75, 3.05) is 11.1 Å². The topological polar surface area (TPSA) is 99.8 Å². The van der Waals surface area contributed by atoms with Crippen LogP contribution in [-0.2, 0) is 29.6 Å². The van der Waals surface area contributed by atoms with Crippen molar-refractivity contribution in [2.24, 2.45) is 17.8 Å². The molecule has 8 rings (SSSR count). The summed E-state index contributed by atoms with van der Waals surface area (Å²) in [5, 5.41) is 15.2. The molecule has 0 unspecified atom stereocenters. The van der Waals surface area contributed by atoms with Crippen molar-refractivity contribution >= 4 is 39.9 Å². The fraction of sp³-hybridized carbons (Fsp3) is 0.533. The van der Waals surface area contributed by atoms with Gasteiger partial charge >= 0.3 is 0 Å². The first-order valence-corrected chi connectivity index (χ1v) is 16.2. The van der Waals surface area contributed by atoms with Gasteiger partial charge in [0, 0.05) is 16.8 Å². The van der Waals surface area contributed by atoms with Crippen LogP contribution in [0.25, 0.3) is 0 Å². The molecule has 3 N–H and O–H groups in total. The average Bonchev–Trinajstić information content (AvgIpc) is 3.56. The summed E-state index contributed by atoms with van der Waals surface area (Å²) in [6.45, 7) is 0.463. The number of aryl methyl sites for hydroxylation is 1. The van der Waals surface area contributed by atoms with E-state index in [-0.39, 0.29) is 23.0 Å². The maximum Gasteiger partial charge on any atom is 0.254 e. The minimum atomic E-state index is -0.128. The minimum Gasteiger partial charge on any atom is -0.348 e. The molecule has 0 spiro atoms. The number of hydrogen-bond donors (Lipinski definition) is 3. The summed E-state index contributed by atoms with van der Waals surface area (Å²) in [5.41, 5.74) is 2.97. The summed E-state index contributed by atoms with van der Waals surface area (Å²) in [4.78, 5) is 32.5. The van der Waals surface area contributed by atoms with Gasteiger partial charge < -0.3 is 10.6 Å². The number of aromatic nitrogens is 3. The molecule has 5 aliphatic carbocycles. The lowest BCUT2D eigenvalue weighted by Gasteiger charge is -2.55. The fourth-order valence-electron chi connectivity index (χ4n) is 8.00. The standard InChI is InChI=1S/C30H35N5O2S2/c36-24(17-38-29-33-28(34-35-29)30-13-19-10-20(14-30)12-21(11-19)15-30)32-27-25(22-8-4-5-9-23(22)39-27)26(37)31-16-18-6-2-1-3-7-18/h1-3,6-7,19-21H,4-5,8-17H2,(H,31,37)(H,32,36)(H,33,34,35). The summed E-state index contributed by atoms with van der Waals surface area (Å²) in [5.74, 6) is 3.54. The van der Waals surface area contributed by atoms with Crippen molar-refractivity contribution in [3.05, 3.63) is 57.7 Å². The number of carbonyl (C=O) groups excluding carboxylic acids is 2. The van der Waals surface area contributed by atoms with E-state index >= 15 is 0 Å². The second kappa shape index (κ2) is 10.4. The quantitative estimate of drug-likeness (QED) is 0.299. The Balaban J connectivity index is 1.01. The van der Waals surface area contributed by atoms with Crippen LogP contribution in [0.3, 0.4) is 0 Å². The predicted octanol–water partition coefficient (Wildman–Crippen LogP) is 5.87. The van der Waals surface area contributed by atoms with Gasteiger partial charge in [0.1, 0.15) is 10.8 Å². The molecule has 204 valence electrons. The molecule has 0 radical (unpaired) electrons. The molecule has 5 aliphatic rings. The van der Waals surface area contributed by atoms with Crippen LogP contribution in [0.2, 0.25) is 0 Å². The molecule has 2 heterocycles. The summed E-state index contributed by atoms with van der Waals surface area (Å²) in [7, 11) is 0. The molecular formula is C30H35N5O2S2. The molecule has 0 saturated heterocycles. The molecule has 7 nitrogen and oxygen atoms in total. The van der Waals surface area contributed by atoms with E-state index < -0.39 is 0 Å². The number of anilines is 1. The molecule has 0 aliphatic heterocycles. The van der Waals surface area contributed by atoms with Crippen LogP contribution in [0.4, 0.5) is 5.00 Å². The number of carbonyl (C=O) groups is 2. The van der Waals surface area contributed by atoms with Gasteiger partial charge in [-0.15, -0.1) is 16.4 Å². The number of nitrogens with one attached hydrogen (secondary N) is 3. The van der Waals surface area contributed by atoms with E-state index in [1.807, 2.05) is 30.3 Å². The minimum absolute atomic E-state index is 0.115. The van der Waals surface area contributed by atoms with Crippen LogP contribution in [0.1, 0.15) is 83.6 Å². The molecule has 9 heteroatoms. The number of nitrogens with zero attached hydrogens (tertiary/aromatic N) is 2.